The smallest absolute Gasteiger partial charge is 0.216 e. The third kappa shape index (κ3) is 4.20. The molecule has 0 atom stereocenters. The van der Waals surface area contributed by atoms with E-state index in [-0.39, 0.29) is 0 Å². The first-order chi connectivity index (χ1) is 11.1. The number of aromatic nitrogens is 3. The van der Waals surface area contributed by atoms with Crippen LogP contribution in [0.2, 0.25) is 0 Å². The van der Waals surface area contributed by atoms with Crippen LogP contribution in [0.3, 0.4) is 0 Å². The maximum atomic E-state index is 5.33. The molecule has 0 radical (unpaired) electrons. The van der Waals surface area contributed by atoms with E-state index in [0.29, 0.717) is 16.3 Å². The van der Waals surface area contributed by atoms with Gasteiger partial charge in [0.05, 0.1) is 24.9 Å². The van der Waals surface area contributed by atoms with E-state index in [0.717, 1.165) is 35.1 Å². The van der Waals surface area contributed by atoms with Crippen LogP contribution in [0.25, 0.3) is 0 Å². The molecule has 0 spiro atoms. The number of nitrogens with one attached hydrogen (secondary N) is 1. The second kappa shape index (κ2) is 8.26. The van der Waals surface area contributed by atoms with Gasteiger partial charge in [0, 0.05) is 6.42 Å². The lowest BCUT2D eigenvalue weighted by Crippen LogP contribution is -2.00. The number of hydrogen-bond donors (Lipinski definition) is 1. The second-order valence-corrected chi connectivity index (χ2v) is 6.08. The highest BCUT2D eigenvalue weighted by Gasteiger charge is 2.10. The van der Waals surface area contributed by atoms with Crippen LogP contribution in [-0.4, -0.2) is 35.3 Å². The van der Waals surface area contributed by atoms with Crippen LogP contribution >= 0.6 is 28.1 Å². The summed E-state index contributed by atoms with van der Waals surface area (Å²) in [6.45, 7) is 2.13. The van der Waals surface area contributed by atoms with E-state index in [1.54, 1.807) is 25.1 Å². The molecule has 1 N–H and O–H groups in total. The summed E-state index contributed by atoms with van der Waals surface area (Å²) in [5, 5.41) is 11.4. The fourth-order valence-electron chi connectivity index (χ4n) is 2.08. The number of aryl methyl sites for hydroxylation is 1. The number of rotatable bonds is 7. The van der Waals surface area contributed by atoms with Gasteiger partial charge in [-0.25, -0.2) is 0 Å². The van der Waals surface area contributed by atoms with Gasteiger partial charge in [-0.1, -0.05) is 13.3 Å². The maximum Gasteiger partial charge on any atom is 0.216 e. The molecule has 2 rings (SSSR count). The van der Waals surface area contributed by atoms with Crippen molar-refractivity contribution in [2.45, 2.75) is 26.2 Å². The fraction of sp³-hybridized carbons (Fsp3) is 0.400. The monoisotopic (exact) mass is 398 g/mol. The van der Waals surface area contributed by atoms with E-state index in [1.807, 2.05) is 12.1 Å². The van der Waals surface area contributed by atoms with E-state index >= 15 is 0 Å². The summed E-state index contributed by atoms with van der Waals surface area (Å²) in [6.07, 6.45) is 4.67. The van der Waals surface area contributed by atoms with Gasteiger partial charge in [-0.05, 0) is 52.3 Å². The minimum Gasteiger partial charge on any atom is -0.493 e. The molecule has 0 fully saturated rings. The average molecular weight is 399 g/mol. The van der Waals surface area contributed by atoms with Crippen LogP contribution in [-0.2, 0) is 6.42 Å². The molecule has 124 valence electrons. The van der Waals surface area contributed by atoms with Crippen molar-refractivity contribution in [1.82, 2.24) is 14.9 Å². The van der Waals surface area contributed by atoms with E-state index in [4.69, 9.17) is 21.7 Å². The minimum atomic E-state index is 0.479. The van der Waals surface area contributed by atoms with Crippen molar-refractivity contribution in [3.05, 3.63) is 32.8 Å². The summed E-state index contributed by atoms with van der Waals surface area (Å²) in [4.78, 5) is 0. The Morgan fingerprint density at radius 2 is 2.17 bits per heavy atom. The molecule has 0 unspecified atom stereocenters. The lowest BCUT2D eigenvalue weighted by Gasteiger charge is -2.10. The second-order valence-electron chi connectivity index (χ2n) is 4.84. The lowest BCUT2D eigenvalue weighted by molar-refractivity contribution is 0.353. The summed E-state index contributed by atoms with van der Waals surface area (Å²) in [6, 6.07) is 3.75. The first-order valence-electron chi connectivity index (χ1n) is 7.22. The number of benzene rings is 1. The molecule has 0 aliphatic rings. The number of H-pyrrole nitrogens is 1. The maximum absolute atomic E-state index is 5.33. The Morgan fingerprint density at radius 3 is 2.83 bits per heavy atom. The molecule has 2 aromatic rings. The van der Waals surface area contributed by atoms with Crippen molar-refractivity contribution in [2.24, 2.45) is 5.10 Å². The van der Waals surface area contributed by atoms with Crippen LogP contribution < -0.4 is 9.47 Å². The Balaban J connectivity index is 2.32. The summed E-state index contributed by atoms with van der Waals surface area (Å²) in [5.74, 6) is 2.10. The van der Waals surface area contributed by atoms with E-state index in [9.17, 15) is 0 Å². The van der Waals surface area contributed by atoms with Crippen molar-refractivity contribution in [3.63, 3.8) is 0 Å². The molecule has 23 heavy (non-hydrogen) atoms. The van der Waals surface area contributed by atoms with Crippen LogP contribution in [0.15, 0.2) is 21.7 Å². The Kier molecular flexibility index (Phi) is 6.35. The van der Waals surface area contributed by atoms with Crippen molar-refractivity contribution in [2.75, 3.05) is 14.2 Å². The molecule has 1 heterocycles. The van der Waals surface area contributed by atoms with Crippen molar-refractivity contribution in [1.29, 1.82) is 0 Å². The zero-order valence-electron chi connectivity index (χ0n) is 13.3. The number of nitrogens with zero attached hydrogens (tertiary/aromatic N) is 3. The Bertz CT molecular complexity index is 754. The Hall–Kier alpha value is -1.67. The van der Waals surface area contributed by atoms with Gasteiger partial charge in [-0.2, -0.15) is 14.9 Å². The van der Waals surface area contributed by atoms with Crippen LogP contribution in [0.5, 0.6) is 11.5 Å². The Labute approximate surface area is 148 Å². The van der Waals surface area contributed by atoms with Gasteiger partial charge in [-0.15, -0.1) is 0 Å². The molecule has 0 amide bonds. The number of ether oxygens (including phenoxy) is 2. The predicted octanol–water partition coefficient (Wildman–Crippen LogP) is 3.95. The number of halogens is 1. The topological polar surface area (TPSA) is 64.4 Å². The van der Waals surface area contributed by atoms with Crippen molar-refractivity contribution in [3.8, 4) is 11.5 Å². The van der Waals surface area contributed by atoms with Gasteiger partial charge in [0.1, 0.15) is 0 Å². The molecule has 0 bridgehead atoms. The van der Waals surface area contributed by atoms with E-state index in [2.05, 4.69) is 38.2 Å². The molecule has 0 aliphatic carbocycles. The normalized spacial score (nSPS) is 11.1. The van der Waals surface area contributed by atoms with Gasteiger partial charge in [-0.3, -0.25) is 5.10 Å². The zero-order chi connectivity index (χ0) is 16.8. The van der Waals surface area contributed by atoms with Crippen LogP contribution in [0, 0.1) is 4.77 Å². The lowest BCUT2D eigenvalue weighted by atomic mass is 10.2. The van der Waals surface area contributed by atoms with Crippen molar-refractivity contribution < 1.29 is 9.47 Å². The number of unbranched alkanes of at least 4 members (excludes halogenated alkanes) is 1. The van der Waals surface area contributed by atoms with Gasteiger partial charge in [0.25, 0.3) is 0 Å². The third-order valence-corrected chi connectivity index (χ3v) is 4.10. The summed E-state index contributed by atoms with van der Waals surface area (Å²) in [5.41, 5.74) is 0.860. The van der Waals surface area contributed by atoms with E-state index < -0.39 is 0 Å². The molecular weight excluding hydrogens is 380 g/mol. The summed E-state index contributed by atoms with van der Waals surface area (Å²) < 4.78 is 13.6. The van der Waals surface area contributed by atoms with Gasteiger partial charge >= 0.3 is 0 Å². The fourth-order valence-corrected chi connectivity index (χ4v) is 2.90. The highest BCUT2D eigenvalue weighted by atomic mass is 79.9. The van der Waals surface area contributed by atoms with Crippen LogP contribution in [0.4, 0.5) is 0 Å². The SMILES string of the molecule is CCCCc1n[nH]c(=S)n1/N=C\c1cc(Br)c(OC)c(OC)c1. The highest BCUT2D eigenvalue weighted by molar-refractivity contribution is 9.10. The first-order valence-corrected chi connectivity index (χ1v) is 8.43. The van der Waals surface area contributed by atoms with Crippen LogP contribution in [0.1, 0.15) is 31.2 Å². The van der Waals surface area contributed by atoms with Gasteiger partial charge in [0.2, 0.25) is 4.77 Å². The number of aromatic amines is 1. The van der Waals surface area contributed by atoms with Crippen molar-refractivity contribution >= 4 is 34.4 Å². The standard InChI is InChI=1S/C15H19BrN4O2S/c1-4-5-6-13-18-19-15(23)20(13)17-9-10-7-11(16)14(22-3)12(8-10)21-2/h7-9H,4-6H2,1-3H3,(H,19,23)/b17-9-. The molecule has 6 nitrogen and oxygen atoms in total. The predicted molar refractivity (Wildman–Crippen MR) is 96.3 cm³/mol. The largest absolute Gasteiger partial charge is 0.493 e. The first kappa shape index (κ1) is 17.7. The molecule has 1 aromatic heterocycles. The number of methoxy groups -OCH3 is 2. The molecule has 8 heteroatoms. The molecular formula is C15H19BrN4O2S. The minimum absolute atomic E-state index is 0.479. The highest BCUT2D eigenvalue weighted by Crippen LogP contribution is 2.35. The quantitative estimate of drug-likeness (QED) is 0.566. The molecule has 1 aromatic carbocycles. The molecule has 0 saturated heterocycles. The van der Waals surface area contributed by atoms with Gasteiger partial charge in [0.15, 0.2) is 17.3 Å². The van der Waals surface area contributed by atoms with E-state index in [1.165, 1.54) is 0 Å². The Morgan fingerprint density at radius 1 is 1.39 bits per heavy atom. The third-order valence-electron chi connectivity index (χ3n) is 3.25. The number of hydrogen-bond acceptors (Lipinski definition) is 5. The molecule has 0 saturated carbocycles. The summed E-state index contributed by atoms with van der Waals surface area (Å²) >= 11 is 8.70. The summed E-state index contributed by atoms with van der Waals surface area (Å²) in [7, 11) is 3.20. The average Bonchev–Trinajstić information content (AvgIpc) is 2.90. The van der Waals surface area contributed by atoms with Gasteiger partial charge < -0.3 is 9.47 Å². The zero-order valence-corrected chi connectivity index (χ0v) is 15.7. The molecule has 0 aliphatic heterocycles.